The SMILES string of the molecule is N#Cc1ccnc(OC2CN(C(=O)c3ccc4ccccc4n3)C2)c1. The molecular weight excluding hydrogens is 316 g/mol. The smallest absolute Gasteiger partial charge is 0.272 e. The molecule has 1 aromatic carbocycles. The standard InChI is InChI=1S/C19H14N4O2/c20-10-13-7-8-21-18(9-13)25-15-11-23(12-15)19(24)17-6-5-14-3-1-2-4-16(14)22-17/h1-9,15H,11-12H2. The minimum atomic E-state index is -0.120. The molecule has 1 aliphatic rings. The zero-order chi connectivity index (χ0) is 17.2. The molecule has 0 atom stereocenters. The normalized spacial score (nSPS) is 14.0. The van der Waals surface area contributed by atoms with Crippen molar-refractivity contribution in [2.24, 2.45) is 0 Å². The Morgan fingerprint density at radius 3 is 2.88 bits per heavy atom. The first-order chi connectivity index (χ1) is 12.2. The highest BCUT2D eigenvalue weighted by molar-refractivity contribution is 5.95. The third kappa shape index (κ3) is 3.00. The molecule has 1 amide bonds. The van der Waals surface area contributed by atoms with Gasteiger partial charge in [-0.15, -0.1) is 0 Å². The lowest BCUT2D eigenvalue weighted by atomic mass is 10.1. The van der Waals surface area contributed by atoms with Gasteiger partial charge in [-0.3, -0.25) is 4.79 Å². The first-order valence-corrected chi connectivity index (χ1v) is 7.91. The van der Waals surface area contributed by atoms with E-state index in [0.29, 0.717) is 30.2 Å². The Morgan fingerprint density at radius 1 is 1.20 bits per heavy atom. The summed E-state index contributed by atoms with van der Waals surface area (Å²) >= 11 is 0. The summed E-state index contributed by atoms with van der Waals surface area (Å²) in [5.74, 6) is 0.296. The van der Waals surface area contributed by atoms with E-state index in [9.17, 15) is 4.79 Å². The van der Waals surface area contributed by atoms with Gasteiger partial charge in [0.05, 0.1) is 30.2 Å². The van der Waals surface area contributed by atoms with E-state index >= 15 is 0 Å². The molecule has 122 valence electrons. The molecule has 6 heteroatoms. The van der Waals surface area contributed by atoms with Crippen LogP contribution < -0.4 is 4.74 Å². The van der Waals surface area contributed by atoms with Gasteiger partial charge in [0.15, 0.2) is 0 Å². The van der Waals surface area contributed by atoms with E-state index in [2.05, 4.69) is 9.97 Å². The van der Waals surface area contributed by atoms with E-state index in [-0.39, 0.29) is 12.0 Å². The molecule has 0 N–H and O–H groups in total. The highest BCUT2D eigenvalue weighted by Gasteiger charge is 2.33. The molecule has 3 aromatic rings. The van der Waals surface area contributed by atoms with Gasteiger partial charge in [-0.1, -0.05) is 24.3 Å². The Hall–Kier alpha value is -3.46. The summed E-state index contributed by atoms with van der Waals surface area (Å²) in [5, 5.41) is 9.90. The van der Waals surface area contributed by atoms with Crippen LogP contribution in [0.25, 0.3) is 10.9 Å². The van der Waals surface area contributed by atoms with E-state index in [1.807, 2.05) is 36.4 Å². The van der Waals surface area contributed by atoms with Crippen LogP contribution in [0.3, 0.4) is 0 Å². The number of hydrogen-bond acceptors (Lipinski definition) is 5. The van der Waals surface area contributed by atoms with Gasteiger partial charge in [-0.25, -0.2) is 9.97 Å². The molecule has 1 fully saturated rings. The summed E-state index contributed by atoms with van der Waals surface area (Å²) in [7, 11) is 0. The van der Waals surface area contributed by atoms with Crippen LogP contribution in [0.15, 0.2) is 54.7 Å². The van der Waals surface area contributed by atoms with Gasteiger partial charge in [-0.2, -0.15) is 5.26 Å². The van der Waals surface area contributed by atoms with Crippen molar-refractivity contribution in [2.45, 2.75) is 6.10 Å². The summed E-state index contributed by atoms with van der Waals surface area (Å²) in [4.78, 5) is 22.7. The number of carbonyl (C=O) groups is 1. The first-order valence-electron chi connectivity index (χ1n) is 7.91. The molecule has 0 unspecified atom stereocenters. The van der Waals surface area contributed by atoms with Crippen LogP contribution in [0.4, 0.5) is 0 Å². The van der Waals surface area contributed by atoms with E-state index in [4.69, 9.17) is 10.00 Å². The molecule has 2 aromatic heterocycles. The lowest BCUT2D eigenvalue weighted by Gasteiger charge is -2.38. The van der Waals surface area contributed by atoms with Crippen molar-refractivity contribution in [1.29, 1.82) is 5.26 Å². The maximum atomic E-state index is 12.5. The third-order valence-electron chi connectivity index (χ3n) is 4.10. The van der Waals surface area contributed by atoms with Gasteiger partial charge in [0.25, 0.3) is 5.91 Å². The number of ether oxygens (including phenoxy) is 1. The Labute approximate surface area is 144 Å². The summed E-state index contributed by atoms with van der Waals surface area (Å²) in [6.45, 7) is 0.956. The fraction of sp³-hybridized carbons (Fsp3) is 0.158. The monoisotopic (exact) mass is 330 g/mol. The molecule has 1 saturated heterocycles. The second-order valence-electron chi connectivity index (χ2n) is 5.83. The number of nitriles is 1. The van der Waals surface area contributed by atoms with Crippen molar-refractivity contribution in [1.82, 2.24) is 14.9 Å². The van der Waals surface area contributed by atoms with E-state index in [1.54, 1.807) is 23.1 Å². The molecule has 6 nitrogen and oxygen atoms in total. The van der Waals surface area contributed by atoms with Gasteiger partial charge in [-0.05, 0) is 18.2 Å². The first kappa shape index (κ1) is 15.1. The number of carbonyl (C=O) groups excluding carboxylic acids is 1. The molecule has 0 saturated carbocycles. The van der Waals surface area contributed by atoms with E-state index in [0.717, 1.165) is 10.9 Å². The third-order valence-corrected chi connectivity index (χ3v) is 4.10. The van der Waals surface area contributed by atoms with Crippen LogP contribution >= 0.6 is 0 Å². The minimum absolute atomic E-state index is 0.107. The highest BCUT2D eigenvalue weighted by Crippen LogP contribution is 2.20. The highest BCUT2D eigenvalue weighted by atomic mass is 16.5. The van der Waals surface area contributed by atoms with Gasteiger partial charge >= 0.3 is 0 Å². The van der Waals surface area contributed by atoms with Crippen molar-refractivity contribution in [3.05, 3.63) is 66.0 Å². The lowest BCUT2D eigenvalue weighted by molar-refractivity contribution is 0.0156. The van der Waals surface area contributed by atoms with Crippen molar-refractivity contribution < 1.29 is 9.53 Å². The van der Waals surface area contributed by atoms with Crippen LogP contribution in [-0.4, -0.2) is 40.0 Å². The summed E-state index contributed by atoms with van der Waals surface area (Å²) in [5.41, 5.74) is 1.73. The zero-order valence-corrected chi connectivity index (χ0v) is 13.3. The molecular formula is C19H14N4O2. The average Bonchev–Trinajstić information content (AvgIpc) is 2.63. The second kappa shape index (κ2) is 6.21. The van der Waals surface area contributed by atoms with Gasteiger partial charge in [0, 0.05) is 17.6 Å². The molecule has 0 spiro atoms. The molecule has 0 radical (unpaired) electrons. The van der Waals surface area contributed by atoms with Gasteiger partial charge in [0.2, 0.25) is 5.88 Å². The number of benzene rings is 1. The largest absolute Gasteiger partial charge is 0.471 e. The maximum absolute atomic E-state index is 12.5. The lowest BCUT2D eigenvalue weighted by Crippen LogP contribution is -2.56. The van der Waals surface area contributed by atoms with Crippen molar-refractivity contribution >= 4 is 16.8 Å². The number of amides is 1. The maximum Gasteiger partial charge on any atom is 0.272 e. The average molecular weight is 330 g/mol. The number of hydrogen-bond donors (Lipinski definition) is 0. The van der Waals surface area contributed by atoms with Crippen LogP contribution in [0.2, 0.25) is 0 Å². The Bertz CT molecular complexity index is 990. The van der Waals surface area contributed by atoms with Crippen molar-refractivity contribution in [3.8, 4) is 11.9 Å². The fourth-order valence-electron chi connectivity index (χ4n) is 2.74. The molecule has 0 aliphatic carbocycles. The predicted octanol–water partition coefficient (Wildman–Crippen LogP) is 2.40. The van der Waals surface area contributed by atoms with Crippen LogP contribution in [0.5, 0.6) is 5.88 Å². The quantitative estimate of drug-likeness (QED) is 0.737. The summed E-state index contributed by atoms with van der Waals surface area (Å²) < 4.78 is 5.70. The minimum Gasteiger partial charge on any atom is -0.471 e. The fourth-order valence-corrected chi connectivity index (χ4v) is 2.74. The molecule has 4 rings (SSSR count). The number of pyridine rings is 2. The number of nitrogens with zero attached hydrogens (tertiary/aromatic N) is 4. The van der Waals surface area contributed by atoms with E-state index < -0.39 is 0 Å². The topological polar surface area (TPSA) is 79.1 Å². The van der Waals surface area contributed by atoms with Gasteiger partial charge < -0.3 is 9.64 Å². The number of aromatic nitrogens is 2. The van der Waals surface area contributed by atoms with Gasteiger partial charge in [0.1, 0.15) is 11.8 Å². The Morgan fingerprint density at radius 2 is 2.04 bits per heavy atom. The molecule has 1 aliphatic heterocycles. The van der Waals surface area contributed by atoms with Crippen LogP contribution in [-0.2, 0) is 0 Å². The molecule has 3 heterocycles. The zero-order valence-electron chi connectivity index (χ0n) is 13.3. The molecule has 25 heavy (non-hydrogen) atoms. The van der Waals surface area contributed by atoms with Crippen LogP contribution in [0.1, 0.15) is 16.1 Å². The second-order valence-corrected chi connectivity index (χ2v) is 5.83. The predicted molar refractivity (Wildman–Crippen MR) is 91.0 cm³/mol. The number of likely N-dealkylation sites (tertiary alicyclic amines) is 1. The molecule has 0 bridgehead atoms. The number of fused-ring (bicyclic) bond motifs is 1. The van der Waals surface area contributed by atoms with Crippen molar-refractivity contribution in [3.63, 3.8) is 0 Å². The van der Waals surface area contributed by atoms with Crippen LogP contribution in [0, 0.1) is 11.3 Å². The Kier molecular flexibility index (Phi) is 3.75. The number of para-hydroxylation sites is 1. The van der Waals surface area contributed by atoms with E-state index in [1.165, 1.54) is 6.20 Å². The summed E-state index contributed by atoms with van der Waals surface area (Å²) in [6, 6.07) is 16.6. The number of rotatable bonds is 3. The van der Waals surface area contributed by atoms with Crippen molar-refractivity contribution in [2.75, 3.05) is 13.1 Å². The summed E-state index contributed by atoms with van der Waals surface area (Å²) in [6.07, 6.45) is 1.42. The Balaban J connectivity index is 1.41.